The molecule has 0 spiro atoms. The van der Waals surface area contributed by atoms with E-state index in [9.17, 15) is 8.78 Å². The molecule has 6 heteroatoms. The number of hydrogen-bond acceptors (Lipinski definition) is 3. The van der Waals surface area contributed by atoms with E-state index in [2.05, 4.69) is 10.3 Å². The molecular weight excluding hydrogens is 260 g/mol. The Morgan fingerprint density at radius 3 is 2.50 bits per heavy atom. The third kappa shape index (κ3) is 2.55. The summed E-state index contributed by atoms with van der Waals surface area (Å²) in [7, 11) is 0. The van der Waals surface area contributed by atoms with E-state index in [1.807, 2.05) is 6.07 Å². The molecular formula is C12H6ClF2N3. The number of para-hydroxylation sites is 1. The summed E-state index contributed by atoms with van der Waals surface area (Å²) < 4.78 is 26.8. The summed E-state index contributed by atoms with van der Waals surface area (Å²) in [5.74, 6) is -1.41. The lowest BCUT2D eigenvalue weighted by atomic mass is 10.2. The smallest absolute Gasteiger partial charge is 0.149 e. The Kier molecular flexibility index (Phi) is 3.40. The van der Waals surface area contributed by atoms with Crippen LogP contribution in [0.2, 0.25) is 5.15 Å². The van der Waals surface area contributed by atoms with Crippen LogP contribution < -0.4 is 5.32 Å². The Balaban J connectivity index is 2.40. The van der Waals surface area contributed by atoms with Gasteiger partial charge in [0.1, 0.15) is 28.3 Å². The zero-order valence-corrected chi connectivity index (χ0v) is 9.67. The van der Waals surface area contributed by atoms with Crippen molar-refractivity contribution in [1.29, 1.82) is 5.26 Å². The van der Waals surface area contributed by atoms with Crippen molar-refractivity contribution in [3.63, 3.8) is 0 Å². The van der Waals surface area contributed by atoms with E-state index in [1.165, 1.54) is 18.2 Å². The van der Waals surface area contributed by atoms with E-state index in [-0.39, 0.29) is 22.2 Å². The van der Waals surface area contributed by atoms with E-state index in [0.717, 1.165) is 12.1 Å². The quantitative estimate of drug-likeness (QED) is 0.844. The molecule has 0 aliphatic rings. The first-order valence-electron chi connectivity index (χ1n) is 4.89. The highest BCUT2D eigenvalue weighted by Crippen LogP contribution is 2.23. The van der Waals surface area contributed by atoms with E-state index < -0.39 is 11.6 Å². The summed E-state index contributed by atoms with van der Waals surface area (Å²) in [6, 6.07) is 8.04. The van der Waals surface area contributed by atoms with Gasteiger partial charge in [-0.1, -0.05) is 17.7 Å². The van der Waals surface area contributed by atoms with Crippen LogP contribution in [0, 0.1) is 23.0 Å². The summed E-state index contributed by atoms with van der Waals surface area (Å²) >= 11 is 5.68. The van der Waals surface area contributed by atoms with Gasteiger partial charge in [-0.25, -0.2) is 13.8 Å². The summed E-state index contributed by atoms with van der Waals surface area (Å²) in [5, 5.41) is 11.3. The first-order chi connectivity index (χ1) is 8.60. The average Bonchev–Trinajstić information content (AvgIpc) is 2.33. The van der Waals surface area contributed by atoms with Crippen molar-refractivity contribution in [3.8, 4) is 6.07 Å². The SMILES string of the molecule is N#Cc1cc(Cl)nc(Nc2c(F)cccc2F)c1. The fourth-order valence-electron chi connectivity index (χ4n) is 1.37. The van der Waals surface area contributed by atoms with Gasteiger partial charge < -0.3 is 5.32 Å². The lowest BCUT2D eigenvalue weighted by Gasteiger charge is -2.08. The fraction of sp³-hybridized carbons (Fsp3) is 0. The largest absolute Gasteiger partial charge is 0.335 e. The van der Waals surface area contributed by atoms with E-state index in [4.69, 9.17) is 16.9 Å². The molecule has 18 heavy (non-hydrogen) atoms. The number of hydrogen-bond donors (Lipinski definition) is 1. The molecule has 2 rings (SSSR count). The van der Waals surface area contributed by atoms with Crippen molar-refractivity contribution >= 4 is 23.1 Å². The number of nitrogens with zero attached hydrogens (tertiary/aromatic N) is 2. The second kappa shape index (κ2) is 4.98. The van der Waals surface area contributed by atoms with Crippen LogP contribution >= 0.6 is 11.6 Å². The van der Waals surface area contributed by atoms with Crippen molar-refractivity contribution in [1.82, 2.24) is 4.98 Å². The first kappa shape index (κ1) is 12.3. The van der Waals surface area contributed by atoms with Crippen LogP contribution in [-0.2, 0) is 0 Å². The molecule has 90 valence electrons. The summed E-state index contributed by atoms with van der Waals surface area (Å²) in [6.07, 6.45) is 0. The van der Waals surface area contributed by atoms with Crippen molar-refractivity contribution < 1.29 is 8.78 Å². The molecule has 3 nitrogen and oxygen atoms in total. The van der Waals surface area contributed by atoms with Crippen LogP contribution in [-0.4, -0.2) is 4.98 Å². The van der Waals surface area contributed by atoms with Gasteiger partial charge in [-0.15, -0.1) is 0 Å². The molecule has 0 amide bonds. The summed E-state index contributed by atoms with van der Waals surface area (Å²) in [5.41, 5.74) is -0.0922. The molecule has 0 bridgehead atoms. The maximum Gasteiger partial charge on any atom is 0.149 e. The number of nitrogens with one attached hydrogen (secondary N) is 1. The Morgan fingerprint density at radius 2 is 1.89 bits per heavy atom. The molecule has 0 saturated carbocycles. The van der Waals surface area contributed by atoms with Crippen molar-refractivity contribution in [3.05, 3.63) is 52.7 Å². The van der Waals surface area contributed by atoms with Crippen LogP contribution in [0.5, 0.6) is 0 Å². The fourth-order valence-corrected chi connectivity index (χ4v) is 1.58. The molecule has 1 aromatic heterocycles. The van der Waals surface area contributed by atoms with Crippen LogP contribution in [0.25, 0.3) is 0 Å². The Bertz CT molecular complexity index is 617. The van der Waals surface area contributed by atoms with Crippen LogP contribution in [0.4, 0.5) is 20.3 Å². The molecule has 0 atom stereocenters. The van der Waals surface area contributed by atoms with Crippen LogP contribution in [0.1, 0.15) is 5.56 Å². The summed E-state index contributed by atoms with van der Waals surface area (Å²) in [4.78, 5) is 3.83. The minimum absolute atomic E-state index is 0.0632. The number of halogens is 3. The average molecular weight is 266 g/mol. The van der Waals surface area contributed by atoms with Gasteiger partial charge in [-0.2, -0.15) is 5.26 Å². The number of rotatable bonds is 2. The predicted molar refractivity (Wildman–Crippen MR) is 63.6 cm³/mol. The predicted octanol–water partition coefficient (Wildman–Crippen LogP) is 3.63. The van der Waals surface area contributed by atoms with Gasteiger partial charge in [0.15, 0.2) is 0 Å². The van der Waals surface area contributed by atoms with Gasteiger partial charge in [0.2, 0.25) is 0 Å². The Hall–Kier alpha value is -2.19. The van der Waals surface area contributed by atoms with Gasteiger partial charge in [0.25, 0.3) is 0 Å². The Labute approximate surface area is 107 Å². The van der Waals surface area contributed by atoms with Crippen molar-refractivity contribution in [2.24, 2.45) is 0 Å². The third-order valence-electron chi connectivity index (χ3n) is 2.14. The van der Waals surface area contributed by atoms with Gasteiger partial charge in [-0.3, -0.25) is 0 Å². The molecule has 0 aliphatic heterocycles. The number of aromatic nitrogens is 1. The first-order valence-corrected chi connectivity index (χ1v) is 5.26. The minimum Gasteiger partial charge on any atom is -0.335 e. The highest BCUT2D eigenvalue weighted by Gasteiger charge is 2.10. The molecule has 0 aliphatic carbocycles. The molecule has 0 fully saturated rings. The number of anilines is 2. The lowest BCUT2D eigenvalue weighted by molar-refractivity contribution is 0.590. The molecule has 1 N–H and O–H groups in total. The zero-order valence-electron chi connectivity index (χ0n) is 8.92. The third-order valence-corrected chi connectivity index (χ3v) is 2.33. The monoisotopic (exact) mass is 265 g/mol. The number of benzene rings is 1. The second-order valence-corrected chi connectivity index (χ2v) is 3.78. The zero-order chi connectivity index (χ0) is 13.1. The van der Waals surface area contributed by atoms with Crippen molar-refractivity contribution in [2.45, 2.75) is 0 Å². The molecule has 1 heterocycles. The van der Waals surface area contributed by atoms with Crippen molar-refractivity contribution in [2.75, 3.05) is 5.32 Å². The molecule has 0 radical (unpaired) electrons. The maximum absolute atomic E-state index is 13.4. The molecule has 0 saturated heterocycles. The van der Waals surface area contributed by atoms with E-state index in [1.54, 1.807) is 0 Å². The van der Waals surface area contributed by atoms with Crippen LogP contribution in [0.15, 0.2) is 30.3 Å². The number of nitriles is 1. The molecule has 2 aromatic rings. The maximum atomic E-state index is 13.4. The minimum atomic E-state index is -0.754. The van der Waals surface area contributed by atoms with Gasteiger partial charge in [0, 0.05) is 0 Å². The van der Waals surface area contributed by atoms with Crippen LogP contribution in [0.3, 0.4) is 0 Å². The second-order valence-electron chi connectivity index (χ2n) is 3.40. The summed E-state index contributed by atoms with van der Waals surface area (Å²) in [6.45, 7) is 0. The number of pyridine rings is 1. The van der Waals surface area contributed by atoms with Gasteiger partial charge in [0.05, 0.1) is 11.6 Å². The highest BCUT2D eigenvalue weighted by molar-refractivity contribution is 6.29. The topological polar surface area (TPSA) is 48.7 Å². The van der Waals surface area contributed by atoms with Gasteiger partial charge >= 0.3 is 0 Å². The van der Waals surface area contributed by atoms with E-state index >= 15 is 0 Å². The van der Waals surface area contributed by atoms with E-state index in [0.29, 0.717) is 0 Å². The normalized spacial score (nSPS) is 9.89. The standard InChI is InChI=1S/C12H6ClF2N3/c13-10-4-7(6-16)5-11(17-10)18-12-8(14)2-1-3-9(12)15/h1-5H,(H,17,18). The highest BCUT2D eigenvalue weighted by atomic mass is 35.5. The van der Waals surface area contributed by atoms with Gasteiger partial charge in [-0.05, 0) is 24.3 Å². The lowest BCUT2D eigenvalue weighted by Crippen LogP contribution is -1.99. The molecule has 1 aromatic carbocycles. The Morgan fingerprint density at radius 1 is 1.22 bits per heavy atom. The molecule has 0 unspecified atom stereocenters.